The number of aryl methyl sites for hydroxylation is 1. The van der Waals surface area contributed by atoms with E-state index in [1.165, 1.54) is 22.2 Å². The van der Waals surface area contributed by atoms with Gasteiger partial charge >= 0.3 is 7.48 Å². The summed E-state index contributed by atoms with van der Waals surface area (Å²) in [5.74, 6) is 0. The van der Waals surface area contributed by atoms with Crippen molar-refractivity contribution in [2.45, 2.75) is 58.8 Å². The first-order valence-electron chi connectivity index (χ1n) is 7.76. The zero-order chi connectivity index (χ0) is 15.8. The van der Waals surface area contributed by atoms with E-state index < -0.39 is 11.2 Å². The van der Waals surface area contributed by atoms with Gasteiger partial charge in [0.25, 0.3) is 0 Å². The van der Waals surface area contributed by atoms with E-state index in [4.69, 9.17) is 4.65 Å². The molecule has 0 fully saturated rings. The molecule has 1 aromatic rings. The minimum absolute atomic E-state index is 0.543. The number of aliphatic hydroxyl groups is 1. The summed E-state index contributed by atoms with van der Waals surface area (Å²) < 4.78 is 5.99. The van der Waals surface area contributed by atoms with Gasteiger partial charge in [-0.15, -0.1) is 0 Å². The molecule has 2 rings (SSSR count). The van der Waals surface area contributed by atoms with Gasteiger partial charge in [-0.05, 0) is 64.8 Å². The minimum atomic E-state index is -0.862. The van der Waals surface area contributed by atoms with Gasteiger partial charge in [0.05, 0.1) is 11.2 Å². The Labute approximate surface area is 129 Å². The maximum absolute atomic E-state index is 10.2. The molecule has 0 saturated heterocycles. The summed E-state index contributed by atoms with van der Waals surface area (Å²) >= 11 is 0. The highest BCUT2D eigenvalue weighted by Crippen LogP contribution is 2.25. The van der Waals surface area contributed by atoms with Crippen molar-refractivity contribution in [3.63, 3.8) is 0 Å². The van der Waals surface area contributed by atoms with E-state index in [0.717, 1.165) is 19.5 Å². The molecule has 1 aromatic carbocycles. The number of rotatable bonds is 4. The molecule has 0 atom stereocenters. The van der Waals surface area contributed by atoms with Crippen molar-refractivity contribution >= 4 is 12.9 Å². The van der Waals surface area contributed by atoms with Crippen LogP contribution in [0, 0.1) is 6.92 Å². The molecule has 1 aliphatic heterocycles. The van der Waals surface area contributed by atoms with Gasteiger partial charge in [-0.25, -0.2) is 0 Å². The lowest BCUT2D eigenvalue weighted by Crippen LogP contribution is -2.49. The first-order valence-corrected chi connectivity index (χ1v) is 7.76. The Morgan fingerprint density at radius 2 is 1.90 bits per heavy atom. The Morgan fingerprint density at radius 3 is 2.52 bits per heavy atom. The van der Waals surface area contributed by atoms with Crippen LogP contribution in [-0.2, 0) is 17.6 Å². The van der Waals surface area contributed by atoms with Crippen molar-refractivity contribution in [3.8, 4) is 0 Å². The number of benzene rings is 1. The van der Waals surface area contributed by atoms with Crippen LogP contribution in [0.1, 0.15) is 44.4 Å². The van der Waals surface area contributed by atoms with Crippen LogP contribution < -0.4 is 5.46 Å². The molecule has 0 aliphatic carbocycles. The highest BCUT2D eigenvalue weighted by atomic mass is 16.5. The van der Waals surface area contributed by atoms with Gasteiger partial charge < -0.3 is 14.7 Å². The van der Waals surface area contributed by atoms with Crippen LogP contribution in [0.4, 0.5) is 0 Å². The van der Waals surface area contributed by atoms with Crippen LogP contribution in [0.5, 0.6) is 0 Å². The van der Waals surface area contributed by atoms with E-state index in [2.05, 4.69) is 31.0 Å². The van der Waals surface area contributed by atoms with Gasteiger partial charge in [-0.2, -0.15) is 0 Å². The zero-order valence-corrected chi connectivity index (χ0v) is 14.3. The summed E-state index contributed by atoms with van der Waals surface area (Å²) in [6.07, 6.45) is 1.11. The summed E-state index contributed by atoms with van der Waals surface area (Å²) in [6.45, 7) is 11.8. The van der Waals surface area contributed by atoms with Gasteiger partial charge in [0.15, 0.2) is 0 Å². The number of hydrogen-bond donors (Lipinski definition) is 1. The second-order valence-corrected chi connectivity index (χ2v) is 7.40. The van der Waals surface area contributed by atoms with Crippen molar-refractivity contribution < 1.29 is 9.76 Å². The SMILES string of the molecule is Cc1cc(BOC(C)(C)C(C)(C)O)cc2c1CN(C)CC2. The summed E-state index contributed by atoms with van der Waals surface area (Å²) in [5, 5.41) is 10.2. The van der Waals surface area contributed by atoms with Crippen LogP contribution >= 0.6 is 0 Å². The Bertz CT molecular complexity index is 520. The van der Waals surface area contributed by atoms with E-state index in [-0.39, 0.29) is 0 Å². The first kappa shape index (κ1) is 16.5. The molecule has 1 aliphatic rings. The molecule has 0 saturated carbocycles. The van der Waals surface area contributed by atoms with Crippen LogP contribution in [0.2, 0.25) is 0 Å². The van der Waals surface area contributed by atoms with Crippen molar-refractivity contribution in [1.82, 2.24) is 4.90 Å². The summed E-state index contributed by atoms with van der Waals surface area (Å²) in [7, 11) is 2.71. The number of fused-ring (bicyclic) bond motifs is 1. The van der Waals surface area contributed by atoms with Crippen LogP contribution in [0.25, 0.3) is 0 Å². The monoisotopic (exact) mass is 289 g/mol. The largest absolute Gasteiger partial charge is 0.427 e. The molecule has 1 N–H and O–H groups in total. The molecule has 116 valence electrons. The van der Waals surface area contributed by atoms with Gasteiger partial charge in [0, 0.05) is 13.1 Å². The van der Waals surface area contributed by atoms with E-state index >= 15 is 0 Å². The molecule has 0 unspecified atom stereocenters. The topological polar surface area (TPSA) is 32.7 Å². The lowest BCUT2D eigenvalue weighted by molar-refractivity contribution is -0.0893. The average molecular weight is 289 g/mol. The lowest BCUT2D eigenvalue weighted by atomic mass is 9.79. The van der Waals surface area contributed by atoms with E-state index in [1.807, 2.05) is 13.8 Å². The third kappa shape index (κ3) is 3.68. The molecule has 0 amide bonds. The highest BCUT2D eigenvalue weighted by Gasteiger charge is 2.35. The Kier molecular flexibility index (Phi) is 4.53. The van der Waals surface area contributed by atoms with Gasteiger partial charge in [0.2, 0.25) is 0 Å². The van der Waals surface area contributed by atoms with Gasteiger partial charge in [0.1, 0.15) is 0 Å². The smallest absolute Gasteiger partial charge is 0.309 e. The molecule has 0 spiro atoms. The maximum atomic E-state index is 10.2. The Balaban J connectivity index is 2.14. The number of hydrogen-bond acceptors (Lipinski definition) is 3. The molecule has 4 heteroatoms. The fourth-order valence-corrected chi connectivity index (χ4v) is 2.60. The third-order valence-electron chi connectivity index (χ3n) is 4.89. The van der Waals surface area contributed by atoms with Crippen molar-refractivity contribution in [3.05, 3.63) is 28.8 Å². The highest BCUT2D eigenvalue weighted by molar-refractivity contribution is 6.47. The van der Waals surface area contributed by atoms with Crippen LogP contribution in [-0.4, -0.2) is 42.3 Å². The number of likely N-dealkylation sites (N-methyl/N-ethyl adjacent to an activating group) is 1. The van der Waals surface area contributed by atoms with E-state index in [1.54, 1.807) is 13.8 Å². The standard InChI is InChI=1S/C17H28BNO2/c1-12-9-14(18-21-17(4,5)16(2,3)20)10-13-7-8-19(6)11-15(12)13/h9-10,18,20H,7-8,11H2,1-6H3. The quantitative estimate of drug-likeness (QED) is 0.853. The summed E-state index contributed by atoms with van der Waals surface area (Å²) in [5.41, 5.74) is 4.03. The third-order valence-corrected chi connectivity index (χ3v) is 4.89. The van der Waals surface area contributed by atoms with Crippen molar-refractivity contribution in [2.24, 2.45) is 0 Å². The summed E-state index contributed by atoms with van der Waals surface area (Å²) in [4.78, 5) is 2.36. The second kappa shape index (κ2) is 5.75. The van der Waals surface area contributed by atoms with Gasteiger partial charge in [-0.3, -0.25) is 0 Å². The zero-order valence-electron chi connectivity index (χ0n) is 14.3. The molecule has 0 radical (unpaired) electrons. The predicted molar refractivity (Wildman–Crippen MR) is 89.5 cm³/mol. The van der Waals surface area contributed by atoms with E-state index in [0.29, 0.717) is 7.48 Å². The number of nitrogens with zero attached hydrogens (tertiary/aromatic N) is 1. The molecule has 0 bridgehead atoms. The maximum Gasteiger partial charge on any atom is 0.309 e. The first-order chi connectivity index (χ1) is 9.60. The minimum Gasteiger partial charge on any atom is -0.427 e. The Morgan fingerprint density at radius 1 is 1.24 bits per heavy atom. The fourth-order valence-electron chi connectivity index (χ4n) is 2.60. The molecule has 21 heavy (non-hydrogen) atoms. The van der Waals surface area contributed by atoms with Crippen LogP contribution in [0.3, 0.4) is 0 Å². The van der Waals surface area contributed by atoms with E-state index in [9.17, 15) is 5.11 Å². The van der Waals surface area contributed by atoms with Crippen molar-refractivity contribution in [1.29, 1.82) is 0 Å². The lowest BCUT2D eigenvalue weighted by Gasteiger charge is -2.37. The molecular formula is C17H28BNO2. The molecular weight excluding hydrogens is 261 g/mol. The predicted octanol–water partition coefficient (Wildman–Crippen LogP) is 1.53. The molecule has 0 aromatic heterocycles. The summed E-state index contributed by atoms with van der Waals surface area (Å²) in [6, 6.07) is 4.49. The molecule has 3 nitrogen and oxygen atoms in total. The average Bonchev–Trinajstić information content (AvgIpc) is 2.36. The Hall–Kier alpha value is -0.835. The van der Waals surface area contributed by atoms with Crippen molar-refractivity contribution in [2.75, 3.05) is 13.6 Å². The second-order valence-electron chi connectivity index (χ2n) is 7.40. The molecule has 1 heterocycles. The van der Waals surface area contributed by atoms with Gasteiger partial charge in [-0.1, -0.05) is 17.6 Å². The normalized spacial score (nSPS) is 16.7. The fraction of sp³-hybridized carbons (Fsp3) is 0.647. The van der Waals surface area contributed by atoms with Crippen LogP contribution in [0.15, 0.2) is 12.1 Å².